The number of carbonyl (C=O) groups is 1. The molecule has 1 N–H and O–H groups in total. The fraction of sp³-hybridized carbons (Fsp3) is 0.450. The van der Waals surface area contributed by atoms with Crippen molar-refractivity contribution in [2.24, 2.45) is 5.41 Å². The molecule has 0 unspecified atom stereocenters. The smallest absolute Gasteiger partial charge is 0.293 e. The third-order valence-corrected chi connectivity index (χ3v) is 5.43. The summed E-state index contributed by atoms with van der Waals surface area (Å²) in [7, 11) is 0. The van der Waals surface area contributed by atoms with Gasteiger partial charge in [-0.25, -0.2) is 14.3 Å². The van der Waals surface area contributed by atoms with Gasteiger partial charge in [-0.2, -0.15) is 10.1 Å². The van der Waals surface area contributed by atoms with Crippen molar-refractivity contribution in [2.75, 3.05) is 18.4 Å². The highest BCUT2D eigenvalue weighted by atomic mass is 16.2. The molecule has 5 rings (SSSR count). The number of nitrogens with one attached hydrogen (secondary N) is 1. The largest absolute Gasteiger partial charge is 0.354 e. The Kier molecular flexibility index (Phi) is 4.11. The number of fused-ring (bicyclic) bond motifs is 2. The van der Waals surface area contributed by atoms with Gasteiger partial charge in [-0.05, 0) is 30.4 Å². The molecule has 0 saturated carbocycles. The molecule has 2 aliphatic heterocycles. The molecule has 0 fully saturated rings. The molecule has 9 heteroatoms. The van der Waals surface area contributed by atoms with Crippen molar-refractivity contribution in [1.29, 1.82) is 0 Å². The minimum Gasteiger partial charge on any atom is -0.354 e. The Hall–Kier alpha value is -3.23. The second-order valence-electron chi connectivity index (χ2n) is 8.48. The molecule has 5 heterocycles. The number of rotatable bonds is 2. The van der Waals surface area contributed by atoms with Crippen LogP contribution in [-0.4, -0.2) is 53.4 Å². The van der Waals surface area contributed by atoms with Crippen LogP contribution in [0.15, 0.2) is 30.6 Å². The summed E-state index contributed by atoms with van der Waals surface area (Å²) in [6.07, 6.45) is 5.40. The van der Waals surface area contributed by atoms with Gasteiger partial charge in [-0.3, -0.25) is 4.79 Å². The summed E-state index contributed by atoms with van der Waals surface area (Å²) in [6.45, 7) is 7.10. The summed E-state index contributed by atoms with van der Waals surface area (Å²) in [5.41, 5.74) is 2.02. The molecule has 0 spiro atoms. The number of carbonyl (C=O) groups excluding carboxylic acids is 1. The molecule has 0 aromatic carbocycles. The van der Waals surface area contributed by atoms with Crippen molar-refractivity contribution in [2.45, 2.75) is 39.8 Å². The average molecular weight is 392 g/mol. The molecule has 0 radical (unpaired) electrons. The summed E-state index contributed by atoms with van der Waals surface area (Å²) >= 11 is 0. The number of pyridine rings is 1. The molecule has 3 aromatic heterocycles. The van der Waals surface area contributed by atoms with Crippen molar-refractivity contribution < 1.29 is 4.79 Å². The number of nitrogens with zero attached hydrogens (tertiary/aromatic N) is 7. The van der Waals surface area contributed by atoms with Gasteiger partial charge in [0, 0.05) is 37.9 Å². The van der Waals surface area contributed by atoms with E-state index in [0.29, 0.717) is 19.0 Å². The lowest BCUT2D eigenvalue weighted by molar-refractivity contribution is 0.0667. The van der Waals surface area contributed by atoms with Crippen molar-refractivity contribution in [3.8, 4) is 5.82 Å². The monoisotopic (exact) mass is 392 g/mol. The van der Waals surface area contributed by atoms with Gasteiger partial charge in [0.2, 0.25) is 11.8 Å². The number of anilines is 1. The number of hydrogen-bond acceptors (Lipinski definition) is 6. The highest BCUT2D eigenvalue weighted by Crippen LogP contribution is 2.31. The van der Waals surface area contributed by atoms with Gasteiger partial charge in [-0.1, -0.05) is 19.9 Å². The molecule has 0 atom stereocenters. The van der Waals surface area contributed by atoms with E-state index in [4.69, 9.17) is 0 Å². The van der Waals surface area contributed by atoms with Gasteiger partial charge in [-0.15, -0.1) is 5.10 Å². The Bertz CT molecular complexity index is 1030. The van der Waals surface area contributed by atoms with Gasteiger partial charge in [0.25, 0.3) is 5.91 Å². The van der Waals surface area contributed by atoms with Gasteiger partial charge in [0.15, 0.2) is 5.82 Å². The summed E-state index contributed by atoms with van der Waals surface area (Å²) in [6, 6.07) is 5.79. The number of hydrogen-bond donors (Lipinski definition) is 1. The van der Waals surface area contributed by atoms with Gasteiger partial charge in [0.05, 0.1) is 11.9 Å². The van der Waals surface area contributed by atoms with Crippen LogP contribution in [-0.2, 0) is 19.5 Å². The Balaban J connectivity index is 1.48. The van der Waals surface area contributed by atoms with E-state index in [1.165, 1.54) is 0 Å². The van der Waals surface area contributed by atoms with Gasteiger partial charge in [0.1, 0.15) is 0 Å². The third-order valence-electron chi connectivity index (χ3n) is 5.43. The summed E-state index contributed by atoms with van der Waals surface area (Å²) in [5, 5.41) is 12.2. The van der Waals surface area contributed by atoms with Gasteiger partial charge < -0.3 is 10.2 Å². The van der Waals surface area contributed by atoms with Crippen LogP contribution < -0.4 is 5.32 Å². The minimum absolute atomic E-state index is 0.120. The molecule has 3 aromatic rings. The second-order valence-corrected chi connectivity index (χ2v) is 8.48. The van der Waals surface area contributed by atoms with Crippen LogP contribution in [0.2, 0.25) is 0 Å². The average Bonchev–Trinajstić information content (AvgIpc) is 3.28. The Morgan fingerprint density at radius 1 is 1.28 bits per heavy atom. The van der Waals surface area contributed by atoms with E-state index < -0.39 is 0 Å². The minimum atomic E-state index is -0.139. The summed E-state index contributed by atoms with van der Waals surface area (Å²) in [5.74, 6) is 1.59. The fourth-order valence-electron chi connectivity index (χ4n) is 4.13. The van der Waals surface area contributed by atoms with Crippen LogP contribution >= 0.6 is 0 Å². The zero-order valence-corrected chi connectivity index (χ0v) is 16.7. The Labute approximate surface area is 168 Å². The highest BCUT2D eigenvalue weighted by molar-refractivity contribution is 5.90. The van der Waals surface area contributed by atoms with Crippen LogP contribution in [0.1, 0.15) is 42.1 Å². The molecular formula is C20H24N8O. The highest BCUT2D eigenvalue weighted by Gasteiger charge is 2.34. The molecule has 150 valence electrons. The fourth-order valence-corrected chi connectivity index (χ4v) is 4.13. The van der Waals surface area contributed by atoms with Crippen molar-refractivity contribution in [1.82, 2.24) is 34.4 Å². The van der Waals surface area contributed by atoms with E-state index in [1.807, 2.05) is 34.0 Å². The first kappa shape index (κ1) is 17.8. The SMILES string of the molecule is CC1(C)Cc2c(cnn2-c2ccccn2)CN(C(=O)c2nc3n(n2)CCCN3)C1. The number of aryl methyl sites for hydroxylation is 1. The maximum Gasteiger partial charge on any atom is 0.293 e. The molecular weight excluding hydrogens is 368 g/mol. The first-order valence-corrected chi connectivity index (χ1v) is 9.95. The lowest BCUT2D eigenvalue weighted by Gasteiger charge is -2.29. The maximum atomic E-state index is 13.3. The Morgan fingerprint density at radius 2 is 2.17 bits per heavy atom. The number of amides is 1. The summed E-state index contributed by atoms with van der Waals surface area (Å²) in [4.78, 5) is 24.0. The molecule has 0 saturated heterocycles. The van der Waals surface area contributed by atoms with Crippen LogP contribution in [0, 0.1) is 5.41 Å². The predicted molar refractivity (Wildman–Crippen MR) is 107 cm³/mol. The topological polar surface area (TPSA) is 93.8 Å². The van der Waals surface area contributed by atoms with Crippen LogP contribution in [0.3, 0.4) is 0 Å². The first-order valence-electron chi connectivity index (χ1n) is 9.95. The van der Waals surface area contributed by atoms with E-state index in [2.05, 4.69) is 39.3 Å². The van der Waals surface area contributed by atoms with E-state index in [0.717, 1.165) is 43.0 Å². The molecule has 9 nitrogen and oxygen atoms in total. The van der Waals surface area contributed by atoms with Gasteiger partial charge >= 0.3 is 0 Å². The molecule has 0 aliphatic carbocycles. The zero-order chi connectivity index (χ0) is 20.0. The zero-order valence-electron chi connectivity index (χ0n) is 16.7. The molecule has 0 bridgehead atoms. The van der Waals surface area contributed by atoms with Crippen LogP contribution in [0.4, 0.5) is 5.95 Å². The lowest BCUT2D eigenvalue weighted by Crippen LogP contribution is -2.38. The quantitative estimate of drug-likeness (QED) is 0.716. The lowest BCUT2D eigenvalue weighted by atomic mass is 9.87. The van der Waals surface area contributed by atoms with Crippen molar-refractivity contribution in [3.63, 3.8) is 0 Å². The summed E-state index contributed by atoms with van der Waals surface area (Å²) < 4.78 is 3.67. The van der Waals surface area contributed by atoms with Crippen LogP contribution in [0.25, 0.3) is 5.82 Å². The Morgan fingerprint density at radius 3 is 2.97 bits per heavy atom. The van der Waals surface area contributed by atoms with Crippen LogP contribution in [0.5, 0.6) is 0 Å². The van der Waals surface area contributed by atoms with Crippen molar-refractivity contribution >= 4 is 11.9 Å². The normalized spacial score (nSPS) is 17.8. The number of aromatic nitrogens is 6. The third kappa shape index (κ3) is 3.26. The van der Waals surface area contributed by atoms with E-state index in [-0.39, 0.29) is 17.1 Å². The molecule has 29 heavy (non-hydrogen) atoms. The standard InChI is InChI=1S/C20H24N8O/c1-20(2)10-15-14(11-23-28(15)16-6-3-4-7-21-16)12-26(13-20)18(29)17-24-19-22-8-5-9-27(19)25-17/h3-4,6-7,11H,5,8-10,12-13H2,1-2H3,(H,22,24,25). The van der Waals surface area contributed by atoms with E-state index in [9.17, 15) is 4.79 Å². The maximum absolute atomic E-state index is 13.3. The van der Waals surface area contributed by atoms with E-state index in [1.54, 1.807) is 10.9 Å². The van der Waals surface area contributed by atoms with E-state index >= 15 is 0 Å². The predicted octanol–water partition coefficient (Wildman–Crippen LogP) is 1.90. The van der Waals surface area contributed by atoms with Crippen molar-refractivity contribution in [3.05, 3.63) is 47.7 Å². The first-order chi connectivity index (χ1) is 14.0. The molecule has 1 amide bonds. The second kappa shape index (κ2) is 6.68. The molecule has 2 aliphatic rings.